The third kappa shape index (κ3) is 5.16. The fourth-order valence-electron chi connectivity index (χ4n) is 3.48. The molecule has 0 spiro atoms. The summed E-state index contributed by atoms with van der Waals surface area (Å²) < 4.78 is 7.62. The number of urea groups is 1. The minimum absolute atomic E-state index is 0.145. The molecule has 3 aromatic rings. The van der Waals surface area contributed by atoms with Gasteiger partial charge in [-0.3, -0.25) is 14.9 Å². The smallest absolute Gasteiger partial charge is 0.335 e. The normalized spacial score (nSPS) is 15.1. The zero-order valence-electron chi connectivity index (χ0n) is 18.3. The van der Waals surface area contributed by atoms with Gasteiger partial charge in [-0.05, 0) is 73.5 Å². The van der Waals surface area contributed by atoms with Gasteiger partial charge in [-0.2, -0.15) is 0 Å². The Bertz CT molecular complexity index is 1280. The molecule has 0 bridgehead atoms. The van der Waals surface area contributed by atoms with Gasteiger partial charge in [0.05, 0.1) is 12.3 Å². The van der Waals surface area contributed by atoms with Gasteiger partial charge in [-0.15, -0.1) is 0 Å². The molecular formula is C25H21Cl2N3O4. The number of benzene rings is 2. The number of barbiturate groups is 1. The van der Waals surface area contributed by atoms with Crippen molar-refractivity contribution in [3.05, 3.63) is 87.7 Å². The summed E-state index contributed by atoms with van der Waals surface area (Å²) in [5.41, 5.74) is 1.60. The number of aryl methyl sites for hydroxylation is 2. The highest BCUT2D eigenvalue weighted by Gasteiger charge is 2.37. The molecule has 1 saturated heterocycles. The van der Waals surface area contributed by atoms with Crippen molar-refractivity contribution in [1.29, 1.82) is 0 Å². The highest BCUT2D eigenvalue weighted by atomic mass is 35.5. The number of aromatic nitrogens is 1. The van der Waals surface area contributed by atoms with Gasteiger partial charge in [0.1, 0.15) is 11.3 Å². The number of hydrogen-bond donors (Lipinski definition) is 1. The van der Waals surface area contributed by atoms with E-state index in [2.05, 4.69) is 5.32 Å². The van der Waals surface area contributed by atoms with Gasteiger partial charge in [-0.25, -0.2) is 9.69 Å². The van der Waals surface area contributed by atoms with Crippen molar-refractivity contribution in [2.24, 2.45) is 0 Å². The van der Waals surface area contributed by atoms with Gasteiger partial charge >= 0.3 is 6.03 Å². The predicted octanol–water partition coefficient (Wildman–Crippen LogP) is 5.24. The monoisotopic (exact) mass is 497 g/mol. The first-order valence-electron chi connectivity index (χ1n) is 10.5. The Hall–Kier alpha value is -3.55. The second-order valence-electron chi connectivity index (χ2n) is 7.67. The average molecular weight is 498 g/mol. The SMILES string of the molecule is Cc1ccc(N2C(=O)NC(=O)/C(=C/c3cccn3CCCOc3ccc(Cl)cc3)C2=O)cc1Cl. The van der Waals surface area contributed by atoms with E-state index in [0.29, 0.717) is 35.3 Å². The maximum absolute atomic E-state index is 13.1. The zero-order valence-corrected chi connectivity index (χ0v) is 19.8. The summed E-state index contributed by atoms with van der Waals surface area (Å²) in [6, 6.07) is 14.7. The molecule has 1 aliphatic rings. The van der Waals surface area contributed by atoms with Crippen molar-refractivity contribution < 1.29 is 19.1 Å². The molecule has 2 heterocycles. The van der Waals surface area contributed by atoms with Crippen LogP contribution < -0.4 is 15.0 Å². The summed E-state index contributed by atoms with van der Waals surface area (Å²) in [6.45, 7) is 2.89. The Labute approximate surface area is 206 Å². The quantitative estimate of drug-likeness (QED) is 0.275. The number of hydrogen-bond acceptors (Lipinski definition) is 4. The summed E-state index contributed by atoms with van der Waals surface area (Å²) in [7, 11) is 0. The number of carbonyl (C=O) groups excluding carboxylic acids is 3. The van der Waals surface area contributed by atoms with Gasteiger partial charge in [0.15, 0.2) is 0 Å². The van der Waals surface area contributed by atoms with E-state index in [1.807, 2.05) is 23.8 Å². The van der Waals surface area contributed by atoms with Gasteiger partial charge < -0.3 is 9.30 Å². The van der Waals surface area contributed by atoms with Crippen LogP contribution in [0.1, 0.15) is 17.7 Å². The van der Waals surface area contributed by atoms with Crippen molar-refractivity contribution in [2.75, 3.05) is 11.5 Å². The molecule has 34 heavy (non-hydrogen) atoms. The van der Waals surface area contributed by atoms with Gasteiger partial charge in [0.2, 0.25) is 0 Å². The van der Waals surface area contributed by atoms with E-state index in [4.69, 9.17) is 27.9 Å². The molecule has 1 aliphatic heterocycles. The fourth-order valence-corrected chi connectivity index (χ4v) is 3.78. The van der Waals surface area contributed by atoms with Crippen molar-refractivity contribution in [3.63, 3.8) is 0 Å². The van der Waals surface area contributed by atoms with Gasteiger partial charge in [0.25, 0.3) is 11.8 Å². The first-order chi connectivity index (χ1) is 16.3. The number of rotatable bonds is 7. The molecule has 0 atom stereocenters. The van der Waals surface area contributed by atoms with E-state index < -0.39 is 17.8 Å². The van der Waals surface area contributed by atoms with Crippen molar-refractivity contribution in [2.45, 2.75) is 19.9 Å². The minimum atomic E-state index is -0.818. The molecule has 0 aliphatic carbocycles. The van der Waals surface area contributed by atoms with Gasteiger partial charge in [-0.1, -0.05) is 29.3 Å². The molecule has 4 amide bonds. The first kappa shape index (κ1) is 23.6. The van der Waals surface area contributed by atoms with E-state index in [1.165, 1.54) is 12.1 Å². The average Bonchev–Trinajstić information content (AvgIpc) is 3.24. The van der Waals surface area contributed by atoms with Crippen molar-refractivity contribution in [3.8, 4) is 5.75 Å². The second-order valence-corrected chi connectivity index (χ2v) is 8.52. The number of imide groups is 2. The third-order valence-corrected chi connectivity index (χ3v) is 5.96. The lowest BCUT2D eigenvalue weighted by molar-refractivity contribution is -0.122. The fraction of sp³-hybridized carbons (Fsp3) is 0.160. The van der Waals surface area contributed by atoms with E-state index in [-0.39, 0.29) is 11.3 Å². The van der Waals surface area contributed by atoms with E-state index in [9.17, 15) is 14.4 Å². The zero-order chi connectivity index (χ0) is 24.2. The van der Waals surface area contributed by atoms with Crippen LogP contribution in [0.5, 0.6) is 5.75 Å². The maximum atomic E-state index is 13.1. The number of carbonyl (C=O) groups is 3. The van der Waals surface area contributed by atoms with Crippen molar-refractivity contribution in [1.82, 2.24) is 9.88 Å². The number of ether oxygens (including phenoxy) is 1. The van der Waals surface area contributed by atoms with Crippen LogP contribution in [0, 0.1) is 6.92 Å². The molecule has 0 saturated carbocycles. The maximum Gasteiger partial charge on any atom is 0.335 e. The van der Waals surface area contributed by atoms with Crippen LogP contribution >= 0.6 is 23.2 Å². The van der Waals surface area contributed by atoms with Crippen LogP contribution in [-0.2, 0) is 16.1 Å². The number of anilines is 1. The number of halogens is 2. The summed E-state index contributed by atoms with van der Waals surface area (Å²) >= 11 is 12.0. The van der Waals surface area contributed by atoms with Gasteiger partial charge in [0, 0.05) is 28.5 Å². The topological polar surface area (TPSA) is 80.6 Å². The predicted molar refractivity (Wildman–Crippen MR) is 131 cm³/mol. The lowest BCUT2D eigenvalue weighted by Gasteiger charge is -2.26. The largest absolute Gasteiger partial charge is 0.494 e. The molecule has 1 N–H and O–H groups in total. The minimum Gasteiger partial charge on any atom is -0.494 e. The highest BCUT2D eigenvalue weighted by Crippen LogP contribution is 2.27. The third-order valence-electron chi connectivity index (χ3n) is 5.30. The standard InChI is InChI=1S/C25H21Cl2N3O4/c1-16-5-8-19(15-22(16)27)30-24(32)21(23(31)28-25(30)33)14-18-4-2-11-29(18)12-3-13-34-20-9-6-17(26)7-10-20/h2,4-11,14-15H,3,12-13H2,1H3,(H,28,31,33)/b21-14-. The molecule has 2 aromatic carbocycles. The second kappa shape index (κ2) is 10.2. The number of amides is 4. The Morgan fingerprint density at radius 3 is 2.53 bits per heavy atom. The molecule has 9 heteroatoms. The Balaban J connectivity index is 1.48. The first-order valence-corrected chi connectivity index (χ1v) is 11.3. The molecule has 174 valence electrons. The number of nitrogens with zero attached hydrogens (tertiary/aromatic N) is 2. The van der Waals surface area contributed by atoms with E-state index in [0.717, 1.165) is 16.2 Å². The molecule has 7 nitrogen and oxygen atoms in total. The van der Waals surface area contributed by atoms with Crippen LogP contribution in [0.25, 0.3) is 6.08 Å². The van der Waals surface area contributed by atoms with Crippen LogP contribution in [-0.4, -0.2) is 29.0 Å². The Morgan fingerprint density at radius 1 is 1.03 bits per heavy atom. The lowest BCUT2D eigenvalue weighted by atomic mass is 10.1. The summed E-state index contributed by atoms with van der Waals surface area (Å²) in [5, 5.41) is 3.28. The van der Waals surface area contributed by atoms with E-state index in [1.54, 1.807) is 42.5 Å². The summed E-state index contributed by atoms with van der Waals surface area (Å²) in [4.78, 5) is 38.9. The highest BCUT2D eigenvalue weighted by molar-refractivity contribution is 6.39. The van der Waals surface area contributed by atoms with Crippen LogP contribution in [0.4, 0.5) is 10.5 Å². The van der Waals surface area contributed by atoms with Crippen molar-refractivity contribution >= 4 is 52.8 Å². The Kier molecular flexibility index (Phi) is 7.05. The molecule has 1 fully saturated rings. The molecule has 0 radical (unpaired) electrons. The Morgan fingerprint density at radius 2 is 1.79 bits per heavy atom. The van der Waals surface area contributed by atoms with Crippen LogP contribution in [0.3, 0.4) is 0 Å². The van der Waals surface area contributed by atoms with Crippen LogP contribution in [0.2, 0.25) is 10.0 Å². The van der Waals surface area contributed by atoms with E-state index >= 15 is 0 Å². The summed E-state index contributed by atoms with van der Waals surface area (Å²) in [5.74, 6) is -0.736. The molecule has 4 rings (SSSR count). The molecular weight excluding hydrogens is 477 g/mol. The number of nitrogens with one attached hydrogen (secondary N) is 1. The molecule has 0 unspecified atom stereocenters. The summed E-state index contributed by atoms with van der Waals surface area (Å²) in [6.07, 6.45) is 4.02. The lowest BCUT2D eigenvalue weighted by Crippen LogP contribution is -2.54. The van der Waals surface area contributed by atoms with Crippen LogP contribution in [0.15, 0.2) is 66.4 Å². The molecule has 1 aromatic heterocycles.